The summed E-state index contributed by atoms with van der Waals surface area (Å²) in [6.45, 7) is 4.26. The van der Waals surface area contributed by atoms with Crippen molar-refractivity contribution in [3.05, 3.63) is 53.9 Å². The van der Waals surface area contributed by atoms with Crippen molar-refractivity contribution < 1.29 is 0 Å². The molecule has 0 aliphatic carbocycles. The molecule has 0 radical (unpaired) electrons. The monoisotopic (exact) mass is 352 g/mol. The number of hydrogen-bond donors (Lipinski definition) is 0. The first-order valence-electron chi connectivity index (χ1n) is 7.68. The van der Waals surface area contributed by atoms with Gasteiger partial charge in [-0.15, -0.1) is 0 Å². The van der Waals surface area contributed by atoms with Gasteiger partial charge in [0.15, 0.2) is 0 Å². The van der Waals surface area contributed by atoms with Crippen molar-refractivity contribution in [3.63, 3.8) is 0 Å². The predicted molar refractivity (Wildman–Crippen MR) is 97.4 cm³/mol. The van der Waals surface area contributed by atoms with Crippen molar-refractivity contribution in [2.45, 2.75) is 31.1 Å². The number of aromatic nitrogens is 2. The van der Waals surface area contributed by atoms with Gasteiger partial charge in [-0.25, -0.2) is 0 Å². The maximum absolute atomic E-state index is 4.56. The molecule has 3 aromatic rings. The number of nitrogens with zero attached hydrogens (tertiary/aromatic N) is 2. The van der Waals surface area contributed by atoms with Crippen LogP contribution in [0.1, 0.15) is 11.1 Å². The summed E-state index contributed by atoms with van der Waals surface area (Å²) in [7, 11) is 0. The quantitative estimate of drug-likeness (QED) is 0.638. The molecule has 112 valence electrons. The Hall–Kier alpha value is -1.68. The standard InChI is InChI=1S/C19H22GeN2/c1-13-8-14(2)10-15(9-13)19-17-7-6-16(20(3,4)5)11-18(17)21-12-22-19/h6-12H,1-5H3. The molecule has 0 aliphatic heterocycles. The first kappa shape index (κ1) is 15.2. The van der Waals surface area contributed by atoms with Crippen molar-refractivity contribution in [2.75, 3.05) is 0 Å². The molecule has 0 unspecified atom stereocenters. The van der Waals surface area contributed by atoms with E-state index in [1.807, 2.05) is 0 Å². The molecule has 22 heavy (non-hydrogen) atoms. The number of fused-ring (bicyclic) bond motifs is 1. The summed E-state index contributed by atoms with van der Waals surface area (Å²) in [5.74, 6) is 7.23. The van der Waals surface area contributed by atoms with Gasteiger partial charge in [0, 0.05) is 0 Å². The van der Waals surface area contributed by atoms with Crippen LogP contribution in [0.3, 0.4) is 0 Å². The van der Waals surface area contributed by atoms with Crippen molar-refractivity contribution >= 4 is 28.6 Å². The van der Waals surface area contributed by atoms with Gasteiger partial charge in [-0.1, -0.05) is 0 Å². The Kier molecular flexibility index (Phi) is 3.81. The van der Waals surface area contributed by atoms with Crippen molar-refractivity contribution in [3.8, 4) is 11.3 Å². The van der Waals surface area contributed by atoms with E-state index in [9.17, 15) is 0 Å². The third kappa shape index (κ3) is 2.93. The second-order valence-electron chi connectivity index (χ2n) is 7.08. The maximum atomic E-state index is 4.56. The fourth-order valence-corrected chi connectivity index (χ4v) is 5.28. The number of hydrogen-bond acceptors (Lipinski definition) is 2. The summed E-state index contributed by atoms with van der Waals surface area (Å²) >= 11 is -1.83. The number of rotatable bonds is 2. The molecule has 2 nitrogen and oxygen atoms in total. The predicted octanol–water partition coefficient (Wildman–Crippen LogP) is 4.46. The molecule has 1 heterocycles. The van der Waals surface area contributed by atoms with Crippen LogP contribution in [0.5, 0.6) is 0 Å². The molecule has 3 heteroatoms. The molecule has 0 bridgehead atoms. The minimum atomic E-state index is -1.83. The third-order valence-electron chi connectivity index (χ3n) is 4.00. The summed E-state index contributed by atoms with van der Waals surface area (Å²) in [4.78, 5) is 9.06. The Morgan fingerprint density at radius 2 is 1.50 bits per heavy atom. The zero-order chi connectivity index (χ0) is 15.9. The van der Waals surface area contributed by atoms with Gasteiger partial charge in [-0.3, -0.25) is 0 Å². The summed E-state index contributed by atoms with van der Waals surface area (Å²) in [5, 5.41) is 1.14. The zero-order valence-corrected chi connectivity index (χ0v) is 16.0. The minimum absolute atomic E-state index is 1.03. The van der Waals surface area contributed by atoms with Gasteiger partial charge in [-0.05, 0) is 0 Å². The van der Waals surface area contributed by atoms with E-state index in [0.717, 1.165) is 16.6 Å². The molecule has 1 aromatic heterocycles. The van der Waals surface area contributed by atoms with Gasteiger partial charge >= 0.3 is 135 Å². The molecule has 0 N–H and O–H groups in total. The van der Waals surface area contributed by atoms with Gasteiger partial charge in [0.05, 0.1) is 0 Å². The van der Waals surface area contributed by atoms with Crippen LogP contribution in [0.15, 0.2) is 42.7 Å². The van der Waals surface area contributed by atoms with Gasteiger partial charge in [0.25, 0.3) is 0 Å². The van der Waals surface area contributed by atoms with Crippen LogP contribution in [-0.4, -0.2) is 23.2 Å². The molecule has 2 aromatic carbocycles. The van der Waals surface area contributed by atoms with E-state index in [2.05, 4.69) is 77.5 Å². The van der Waals surface area contributed by atoms with Crippen LogP contribution in [0.4, 0.5) is 0 Å². The van der Waals surface area contributed by atoms with E-state index in [1.165, 1.54) is 21.1 Å². The van der Waals surface area contributed by atoms with Crippen molar-refractivity contribution in [2.24, 2.45) is 0 Å². The Morgan fingerprint density at radius 3 is 2.14 bits per heavy atom. The normalized spacial score (nSPS) is 11.9. The molecule has 3 rings (SSSR count). The van der Waals surface area contributed by atoms with Crippen LogP contribution in [0.25, 0.3) is 22.2 Å². The third-order valence-corrected chi connectivity index (χ3v) is 8.28. The fourth-order valence-electron chi connectivity index (χ4n) is 2.86. The first-order chi connectivity index (χ1) is 10.3. The van der Waals surface area contributed by atoms with Crippen LogP contribution >= 0.6 is 0 Å². The van der Waals surface area contributed by atoms with E-state index in [4.69, 9.17) is 0 Å². The summed E-state index contributed by atoms with van der Waals surface area (Å²) in [6.07, 6.45) is 1.69. The first-order valence-corrected chi connectivity index (χ1v) is 15.0. The molecule has 0 atom stereocenters. The number of benzene rings is 2. The van der Waals surface area contributed by atoms with E-state index in [0.29, 0.717) is 0 Å². The average Bonchev–Trinajstić information content (AvgIpc) is 2.44. The summed E-state index contributed by atoms with van der Waals surface area (Å²) in [5.41, 5.74) is 5.80. The van der Waals surface area contributed by atoms with Crippen molar-refractivity contribution in [1.29, 1.82) is 0 Å². The topological polar surface area (TPSA) is 25.8 Å². The van der Waals surface area contributed by atoms with E-state index < -0.39 is 13.3 Å². The molecule has 0 spiro atoms. The van der Waals surface area contributed by atoms with Gasteiger partial charge in [0.2, 0.25) is 0 Å². The summed E-state index contributed by atoms with van der Waals surface area (Å²) in [6, 6.07) is 13.3. The van der Waals surface area contributed by atoms with Gasteiger partial charge in [0.1, 0.15) is 0 Å². The Labute approximate surface area is 135 Å². The SMILES string of the molecule is Cc1cc(C)cc(-c2ncnc3c[c]([Ge]([CH3])([CH3])[CH3])ccc23)c1. The fraction of sp³-hybridized carbons (Fsp3) is 0.263. The summed E-state index contributed by atoms with van der Waals surface area (Å²) < 4.78 is 1.48. The van der Waals surface area contributed by atoms with Crippen molar-refractivity contribution in [1.82, 2.24) is 9.97 Å². The Balaban J connectivity index is 2.23. The second kappa shape index (κ2) is 5.51. The van der Waals surface area contributed by atoms with E-state index in [1.54, 1.807) is 6.33 Å². The van der Waals surface area contributed by atoms with E-state index >= 15 is 0 Å². The van der Waals surface area contributed by atoms with Crippen LogP contribution in [-0.2, 0) is 0 Å². The average molecular weight is 351 g/mol. The van der Waals surface area contributed by atoms with Gasteiger partial charge in [-0.2, -0.15) is 0 Å². The zero-order valence-electron chi connectivity index (χ0n) is 13.9. The number of aryl methyl sites for hydroxylation is 2. The molecule has 0 saturated carbocycles. The Morgan fingerprint density at radius 1 is 0.818 bits per heavy atom. The Bertz CT molecular complexity index is 827. The molecular formula is C19H22GeN2. The molecule has 0 fully saturated rings. The molecular weight excluding hydrogens is 329 g/mol. The molecule has 0 amide bonds. The molecule has 0 aliphatic rings. The van der Waals surface area contributed by atoms with Crippen LogP contribution in [0, 0.1) is 13.8 Å². The van der Waals surface area contributed by atoms with Crippen LogP contribution < -0.4 is 4.40 Å². The van der Waals surface area contributed by atoms with Crippen LogP contribution in [0.2, 0.25) is 17.3 Å². The van der Waals surface area contributed by atoms with E-state index in [-0.39, 0.29) is 0 Å². The van der Waals surface area contributed by atoms with Gasteiger partial charge < -0.3 is 0 Å². The second-order valence-corrected chi connectivity index (χ2v) is 17.7. The molecule has 0 saturated heterocycles.